The van der Waals surface area contributed by atoms with Gasteiger partial charge < -0.3 is 0 Å². The van der Waals surface area contributed by atoms with Crippen molar-refractivity contribution < 1.29 is 0 Å². The third-order valence-electron chi connectivity index (χ3n) is 2.38. The lowest BCUT2D eigenvalue weighted by molar-refractivity contribution is 0.405. The summed E-state index contributed by atoms with van der Waals surface area (Å²) < 4.78 is 0. The molecule has 4 nitrogen and oxygen atoms in total. The summed E-state index contributed by atoms with van der Waals surface area (Å²) in [5, 5.41) is 8.86. The van der Waals surface area contributed by atoms with Crippen molar-refractivity contribution in [3.63, 3.8) is 0 Å². The number of azo groups is 1. The molecule has 0 spiro atoms. The molecule has 1 unspecified atom stereocenters. The van der Waals surface area contributed by atoms with Crippen molar-refractivity contribution >= 4 is 0 Å². The fraction of sp³-hybridized carbons (Fsp3) is 1.00. The van der Waals surface area contributed by atoms with E-state index in [1.54, 1.807) is 0 Å². The molecular weight excluding hydrogens is 224 g/mol. The van der Waals surface area contributed by atoms with Crippen LogP contribution in [0.5, 0.6) is 0 Å². The molecular formula is C14H32N4. The smallest absolute Gasteiger partial charge is 0.0849 e. The van der Waals surface area contributed by atoms with E-state index in [0.29, 0.717) is 5.92 Å². The standard InChI is InChI=1S/C14H32N4/c1-7-8-9-15-16-11-13(10-12(2)3)17-18-14(4,5)6/h12-13,15-16H,7-11H2,1-6H3. The van der Waals surface area contributed by atoms with Gasteiger partial charge in [-0.3, -0.25) is 10.9 Å². The molecule has 0 aliphatic rings. The maximum atomic E-state index is 4.48. The van der Waals surface area contributed by atoms with Crippen LogP contribution in [0, 0.1) is 5.92 Å². The Kier molecular flexibility index (Phi) is 9.20. The number of rotatable bonds is 9. The summed E-state index contributed by atoms with van der Waals surface area (Å²) in [5.74, 6) is 0.645. The van der Waals surface area contributed by atoms with Crippen molar-refractivity contribution in [1.82, 2.24) is 10.9 Å². The van der Waals surface area contributed by atoms with Crippen LogP contribution in [0.25, 0.3) is 0 Å². The van der Waals surface area contributed by atoms with E-state index in [9.17, 15) is 0 Å². The number of nitrogens with zero attached hydrogens (tertiary/aromatic N) is 2. The van der Waals surface area contributed by atoms with Crippen LogP contribution in [-0.2, 0) is 0 Å². The highest BCUT2D eigenvalue weighted by Crippen LogP contribution is 2.12. The number of nitrogens with one attached hydrogen (secondary N) is 2. The SMILES string of the molecule is CCCCNNCC(CC(C)C)N=NC(C)(C)C. The quantitative estimate of drug-likeness (QED) is 0.376. The molecule has 0 heterocycles. The lowest BCUT2D eigenvalue weighted by Crippen LogP contribution is -2.38. The van der Waals surface area contributed by atoms with E-state index in [-0.39, 0.29) is 11.6 Å². The molecule has 0 bridgehead atoms. The van der Waals surface area contributed by atoms with Gasteiger partial charge >= 0.3 is 0 Å². The molecule has 18 heavy (non-hydrogen) atoms. The summed E-state index contributed by atoms with van der Waals surface area (Å²) in [7, 11) is 0. The first-order chi connectivity index (χ1) is 8.35. The molecule has 0 aliphatic heterocycles. The van der Waals surface area contributed by atoms with Crippen molar-refractivity contribution in [3.05, 3.63) is 0 Å². The fourth-order valence-corrected chi connectivity index (χ4v) is 1.51. The van der Waals surface area contributed by atoms with E-state index >= 15 is 0 Å². The third kappa shape index (κ3) is 12.0. The summed E-state index contributed by atoms with van der Waals surface area (Å²) in [5.41, 5.74) is 6.42. The van der Waals surface area contributed by atoms with Crippen molar-refractivity contribution in [2.75, 3.05) is 13.1 Å². The van der Waals surface area contributed by atoms with E-state index in [1.807, 2.05) is 0 Å². The lowest BCUT2D eigenvalue weighted by Gasteiger charge is -2.17. The van der Waals surface area contributed by atoms with E-state index < -0.39 is 0 Å². The van der Waals surface area contributed by atoms with Gasteiger partial charge in [-0.05, 0) is 39.5 Å². The molecule has 0 saturated carbocycles. The number of hydrogen-bond acceptors (Lipinski definition) is 4. The summed E-state index contributed by atoms with van der Waals surface area (Å²) in [4.78, 5) is 0. The van der Waals surface area contributed by atoms with Crippen LogP contribution in [0.15, 0.2) is 10.2 Å². The van der Waals surface area contributed by atoms with Crippen LogP contribution in [0.1, 0.15) is 60.8 Å². The van der Waals surface area contributed by atoms with Crippen LogP contribution in [-0.4, -0.2) is 24.7 Å². The Hall–Kier alpha value is -0.480. The first kappa shape index (κ1) is 17.5. The average molecular weight is 256 g/mol. The molecule has 0 amide bonds. The predicted molar refractivity (Wildman–Crippen MR) is 78.8 cm³/mol. The van der Waals surface area contributed by atoms with E-state index in [0.717, 1.165) is 19.5 Å². The van der Waals surface area contributed by atoms with Crippen molar-refractivity contribution in [3.8, 4) is 0 Å². The summed E-state index contributed by atoms with van der Waals surface area (Å²) >= 11 is 0. The summed E-state index contributed by atoms with van der Waals surface area (Å²) in [6.07, 6.45) is 3.49. The van der Waals surface area contributed by atoms with Gasteiger partial charge in [0.05, 0.1) is 11.6 Å². The Bertz CT molecular complexity index is 218. The van der Waals surface area contributed by atoms with Gasteiger partial charge in [0.15, 0.2) is 0 Å². The topological polar surface area (TPSA) is 48.8 Å². The van der Waals surface area contributed by atoms with E-state index in [1.165, 1.54) is 12.8 Å². The minimum absolute atomic E-state index is 0.0785. The van der Waals surface area contributed by atoms with Gasteiger partial charge in [0.2, 0.25) is 0 Å². The molecule has 0 aromatic rings. The van der Waals surface area contributed by atoms with Crippen LogP contribution in [0.4, 0.5) is 0 Å². The molecule has 2 N–H and O–H groups in total. The van der Waals surface area contributed by atoms with Crippen molar-refractivity contribution in [2.45, 2.75) is 72.4 Å². The van der Waals surface area contributed by atoms with Gasteiger partial charge in [0.25, 0.3) is 0 Å². The number of hydrazine groups is 1. The molecule has 0 radical (unpaired) electrons. The summed E-state index contributed by atoms with van der Waals surface area (Å²) in [6.45, 7) is 14.7. The molecule has 0 aliphatic carbocycles. The molecule has 0 fully saturated rings. The zero-order valence-electron chi connectivity index (χ0n) is 13.1. The third-order valence-corrected chi connectivity index (χ3v) is 2.38. The van der Waals surface area contributed by atoms with Gasteiger partial charge in [-0.1, -0.05) is 27.2 Å². The minimum atomic E-state index is -0.0785. The molecule has 0 rings (SSSR count). The maximum Gasteiger partial charge on any atom is 0.0849 e. The highest BCUT2D eigenvalue weighted by molar-refractivity contribution is 4.73. The Morgan fingerprint density at radius 3 is 2.28 bits per heavy atom. The van der Waals surface area contributed by atoms with Gasteiger partial charge in [0, 0.05) is 13.1 Å². The number of hydrogen-bond donors (Lipinski definition) is 2. The molecule has 108 valence electrons. The van der Waals surface area contributed by atoms with Crippen molar-refractivity contribution in [2.24, 2.45) is 16.1 Å². The Morgan fingerprint density at radius 2 is 1.78 bits per heavy atom. The predicted octanol–water partition coefficient (Wildman–Crippen LogP) is 3.55. The van der Waals surface area contributed by atoms with Gasteiger partial charge in [-0.2, -0.15) is 10.2 Å². The van der Waals surface area contributed by atoms with Crippen molar-refractivity contribution in [1.29, 1.82) is 0 Å². The lowest BCUT2D eigenvalue weighted by atomic mass is 10.0. The number of unbranched alkanes of at least 4 members (excludes halogenated alkanes) is 1. The Labute approximate surface area is 113 Å². The second kappa shape index (κ2) is 9.45. The van der Waals surface area contributed by atoms with Crippen LogP contribution in [0.2, 0.25) is 0 Å². The first-order valence-corrected chi connectivity index (χ1v) is 7.23. The van der Waals surface area contributed by atoms with Crippen LogP contribution in [0.3, 0.4) is 0 Å². The molecule has 1 atom stereocenters. The Morgan fingerprint density at radius 1 is 1.11 bits per heavy atom. The van der Waals surface area contributed by atoms with Gasteiger partial charge in [-0.15, -0.1) is 0 Å². The first-order valence-electron chi connectivity index (χ1n) is 7.23. The van der Waals surface area contributed by atoms with Gasteiger partial charge in [-0.25, -0.2) is 0 Å². The summed E-state index contributed by atoms with van der Waals surface area (Å²) in [6, 6.07) is 0.262. The van der Waals surface area contributed by atoms with Crippen LogP contribution >= 0.6 is 0 Å². The van der Waals surface area contributed by atoms with E-state index in [2.05, 4.69) is 62.6 Å². The molecule has 4 heteroatoms. The second-order valence-corrected chi connectivity index (χ2v) is 6.33. The zero-order valence-corrected chi connectivity index (χ0v) is 13.1. The largest absolute Gasteiger partial charge is 0.258 e. The molecule has 0 aromatic heterocycles. The second-order valence-electron chi connectivity index (χ2n) is 6.33. The van der Waals surface area contributed by atoms with E-state index in [4.69, 9.17) is 0 Å². The van der Waals surface area contributed by atoms with Crippen LogP contribution < -0.4 is 10.9 Å². The van der Waals surface area contributed by atoms with Gasteiger partial charge in [0.1, 0.15) is 0 Å². The zero-order chi connectivity index (χ0) is 14.0. The molecule has 0 saturated heterocycles. The average Bonchev–Trinajstić information content (AvgIpc) is 2.23. The maximum absolute atomic E-state index is 4.48. The monoisotopic (exact) mass is 256 g/mol. The normalized spacial score (nSPS) is 14.6. The minimum Gasteiger partial charge on any atom is -0.258 e. The Balaban J connectivity index is 4.03. The molecule has 0 aromatic carbocycles. The highest BCUT2D eigenvalue weighted by Gasteiger charge is 2.12. The fourth-order valence-electron chi connectivity index (χ4n) is 1.51. The highest BCUT2D eigenvalue weighted by atomic mass is 15.4.